The average Bonchev–Trinajstić information content (AvgIpc) is 3.30. The summed E-state index contributed by atoms with van der Waals surface area (Å²) in [6.45, 7) is 8.16. The minimum Gasteiger partial charge on any atom is -0.506 e. The van der Waals surface area contributed by atoms with E-state index < -0.39 is 0 Å². The number of rotatable bonds is 7. The van der Waals surface area contributed by atoms with Crippen LogP contribution in [0.25, 0.3) is 0 Å². The van der Waals surface area contributed by atoms with E-state index in [1.54, 1.807) is 6.07 Å². The number of nitrogens with one attached hydrogen (secondary N) is 1. The second-order valence-electron chi connectivity index (χ2n) is 8.85. The Labute approximate surface area is 214 Å². The van der Waals surface area contributed by atoms with Gasteiger partial charge in [0.25, 0.3) is 0 Å². The van der Waals surface area contributed by atoms with E-state index in [0.29, 0.717) is 11.7 Å². The minimum absolute atomic E-state index is 0. The summed E-state index contributed by atoms with van der Waals surface area (Å²) >= 11 is 0. The number of guanidine groups is 1. The number of halogens is 1. The molecule has 1 saturated carbocycles. The molecule has 2 heterocycles. The molecule has 2 aromatic rings. The Morgan fingerprint density at radius 3 is 2.61 bits per heavy atom. The number of phenolic OH excluding ortho intramolecular Hbond substituents is 1. The zero-order valence-electron chi connectivity index (χ0n) is 19.7. The van der Waals surface area contributed by atoms with E-state index in [9.17, 15) is 5.11 Å². The highest BCUT2D eigenvalue weighted by Gasteiger charge is 2.22. The molecular formula is C24H38IN7O. The van der Waals surface area contributed by atoms with Crippen molar-refractivity contribution in [3.8, 4) is 5.75 Å². The average molecular weight is 568 g/mol. The number of hydrogen-bond acceptors (Lipinski definition) is 5. The summed E-state index contributed by atoms with van der Waals surface area (Å²) in [6.07, 6.45) is 9.36. The molecule has 9 heteroatoms. The summed E-state index contributed by atoms with van der Waals surface area (Å²) in [4.78, 5) is 9.70. The molecule has 8 nitrogen and oxygen atoms in total. The molecule has 2 aliphatic rings. The number of nitrogens with zero attached hydrogens (tertiary/aromatic N) is 6. The van der Waals surface area contributed by atoms with Crippen molar-refractivity contribution in [2.45, 2.75) is 52.0 Å². The van der Waals surface area contributed by atoms with Gasteiger partial charge in [-0.25, -0.2) is 0 Å². The van der Waals surface area contributed by atoms with Crippen LogP contribution in [0.15, 0.2) is 35.6 Å². The van der Waals surface area contributed by atoms with Gasteiger partial charge in [-0.05, 0) is 30.9 Å². The van der Waals surface area contributed by atoms with Crippen molar-refractivity contribution in [2.75, 3.05) is 44.2 Å². The predicted octanol–water partition coefficient (Wildman–Crippen LogP) is 3.51. The summed E-state index contributed by atoms with van der Waals surface area (Å²) in [7, 11) is 0. The second-order valence-corrected chi connectivity index (χ2v) is 8.85. The van der Waals surface area contributed by atoms with Gasteiger partial charge >= 0.3 is 0 Å². The molecule has 0 bridgehead atoms. The Hall–Kier alpha value is -2.04. The lowest BCUT2D eigenvalue weighted by Gasteiger charge is -2.38. The summed E-state index contributed by atoms with van der Waals surface area (Å²) in [5, 5.41) is 22.1. The Bertz CT molecular complexity index is 873. The Balaban J connectivity index is 0.00000306. The molecule has 0 radical (unpaired) electrons. The lowest BCUT2D eigenvalue weighted by atomic mass is 9.89. The molecule has 0 atom stereocenters. The van der Waals surface area contributed by atoms with Gasteiger partial charge in [0.15, 0.2) is 5.96 Å². The lowest BCUT2D eigenvalue weighted by Crippen LogP contribution is -2.53. The molecule has 2 N–H and O–H groups in total. The molecule has 0 spiro atoms. The van der Waals surface area contributed by atoms with E-state index in [1.165, 1.54) is 32.1 Å². The van der Waals surface area contributed by atoms with Crippen molar-refractivity contribution < 1.29 is 5.11 Å². The molecular weight excluding hydrogens is 529 g/mol. The van der Waals surface area contributed by atoms with E-state index >= 15 is 0 Å². The number of aliphatic imine (C=N–C) groups is 1. The van der Waals surface area contributed by atoms with Gasteiger partial charge in [0.1, 0.15) is 17.9 Å². The highest BCUT2D eigenvalue weighted by molar-refractivity contribution is 14.0. The molecule has 1 saturated heterocycles. The van der Waals surface area contributed by atoms with Crippen LogP contribution in [-0.2, 0) is 13.0 Å². The van der Waals surface area contributed by atoms with E-state index in [-0.39, 0.29) is 24.0 Å². The van der Waals surface area contributed by atoms with Gasteiger partial charge in [-0.3, -0.25) is 4.99 Å². The summed E-state index contributed by atoms with van der Waals surface area (Å²) < 4.78 is 2.11. The number of phenols is 1. The zero-order valence-corrected chi connectivity index (χ0v) is 22.0. The number of hydrogen-bond donors (Lipinski definition) is 2. The van der Waals surface area contributed by atoms with E-state index in [4.69, 9.17) is 4.99 Å². The third-order valence-corrected chi connectivity index (χ3v) is 6.67. The van der Waals surface area contributed by atoms with Gasteiger partial charge in [-0.1, -0.05) is 38.3 Å². The summed E-state index contributed by atoms with van der Waals surface area (Å²) in [5.74, 6) is 3.10. The highest BCUT2D eigenvalue weighted by atomic mass is 127. The Morgan fingerprint density at radius 1 is 1.12 bits per heavy atom. The number of aromatic nitrogens is 3. The van der Waals surface area contributed by atoms with Crippen LogP contribution in [0.1, 0.15) is 44.9 Å². The quantitative estimate of drug-likeness (QED) is 0.303. The zero-order chi connectivity index (χ0) is 22.2. The van der Waals surface area contributed by atoms with Gasteiger partial charge in [-0.15, -0.1) is 34.2 Å². The number of benzene rings is 1. The SMILES string of the molecule is CCc1nncn1CCNC(=NCC1CCCCC1)N1CCN(c2ccccc2O)CC1.I. The molecule has 1 aliphatic heterocycles. The maximum atomic E-state index is 10.2. The van der Waals surface area contributed by atoms with Crippen molar-refractivity contribution in [1.82, 2.24) is 25.0 Å². The predicted molar refractivity (Wildman–Crippen MR) is 144 cm³/mol. The fraction of sp³-hybridized carbons (Fsp3) is 0.625. The van der Waals surface area contributed by atoms with Crippen molar-refractivity contribution in [3.63, 3.8) is 0 Å². The van der Waals surface area contributed by atoms with Crippen molar-refractivity contribution in [3.05, 3.63) is 36.4 Å². The lowest BCUT2D eigenvalue weighted by molar-refractivity contribution is 0.351. The molecule has 33 heavy (non-hydrogen) atoms. The molecule has 0 amide bonds. The number of para-hydroxylation sites is 2. The first-order valence-electron chi connectivity index (χ1n) is 12.2. The largest absolute Gasteiger partial charge is 0.506 e. The second kappa shape index (κ2) is 13.0. The van der Waals surface area contributed by atoms with Crippen molar-refractivity contribution in [2.24, 2.45) is 10.9 Å². The fourth-order valence-corrected chi connectivity index (χ4v) is 4.77. The summed E-state index contributed by atoms with van der Waals surface area (Å²) in [5.41, 5.74) is 0.917. The number of aryl methyl sites for hydroxylation is 1. The smallest absolute Gasteiger partial charge is 0.194 e. The van der Waals surface area contributed by atoms with E-state index in [2.05, 4.69) is 36.8 Å². The third-order valence-electron chi connectivity index (χ3n) is 6.67. The maximum Gasteiger partial charge on any atom is 0.194 e. The molecule has 1 aromatic heterocycles. The first-order valence-corrected chi connectivity index (χ1v) is 12.2. The number of anilines is 1. The van der Waals surface area contributed by atoms with Crippen LogP contribution in [0.4, 0.5) is 5.69 Å². The molecule has 182 valence electrons. The molecule has 1 aromatic carbocycles. The van der Waals surface area contributed by atoms with E-state index in [0.717, 1.165) is 69.7 Å². The molecule has 1 aliphatic carbocycles. The highest BCUT2D eigenvalue weighted by Crippen LogP contribution is 2.27. The Morgan fingerprint density at radius 2 is 1.88 bits per heavy atom. The van der Waals surface area contributed by atoms with Crippen LogP contribution in [-0.4, -0.2) is 70.0 Å². The molecule has 0 unspecified atom stereocenters. The van der Waals surface area contributed by atoms with Crippen LogP contribution in [0, 0.1) is 5.92 Å². The third kappa shape index (κ3) is 6.97. The van der Waals surface area contributed by atoms with Crippen molar-refractivity contribution in [1.29, 1.82) is 0 Å². The Kier molecular flexibility index (Phi) is 10.1. The van der Waals surface area contributed by atoms with Gasteiger partial charge in [-0.2, -0.15) is 0 Å². The van der Waals surface area contributed by atoms with Gasteiger partial charge < -0.3 is 24.8 Å². The van der Waals surface area contributed by atoms with Gasteiger partial charge in [0, 0.05) is 52.2 Å². The number of piperazine rings is 1. The maximum absolute atomic E-state index is 10.2. The van der Waals surface area contributed by atoms with Crippen LogP contribution >= 0.6 is 24.0 Å². The number of aromatic hydroxyl groups is 1. The van der Waals surface area contributed by atoms with E-state index in [1.807, 2.05) is 24.5 Å². The monoisotopic (exact) mass is 567 g/mol. The van der Waals surface area contributed by atoms with Gasteiger partial charge in [0.2, 0.25) is 0 Å². The van der Waals surface area contributed by atoms with Crippen LogP contribution in [0.2, 0.25) is 0 Å². The topological polar surface area (TPSA) is 81.8 Å². The summed E-state index contributed by atoms with van der Waals surface area (Å²) in [6, 6.07) is 7.60. The minimum atomic E-state index is 0. The first kappa shape index (κ1) is 25.6. The standard InChI is InChI=1S/C24H37N7O.HI/c1-2-23-28-27-19-31(23)13-12-25-24(26-18-20-8-4-3-5-9-20)30-16-14-29(15-17-30)21-10-6-7-11-22(21)32;/h6-7,10-11,19-20,32H,2-5,8-9,12-18H2,1H3,(H,25,26);1H. The molecule has 4 rings (SSSR count). The van der Waals surface area contributed by atoms with Crippen LogP contribution in [0.5, 0.6) is 5.75 Å². The van der Waals surface area contributed by atoms with Crippen molar-refractivity contribution >= 4 is 35.6 Å². The van der Waals surface area contributed by atoms with Crippen LogP contribution in [0.3, 0.4) is 0 Å². The normalized spacial score (nSPS) is 17.7. The van der Waals surface area contributed by atoms with Crippen LogP contribution < -0.4 is 10.2 Å². The van der Waals surface area contributed by atoms with Gasteiger partial charge in [0.05, 0.1) is 5.69 Å². The fourth-order valence-electron chi connectivity index (χ4n) is 4.77. The first-order chi connectivity index (χ1) is 15.7. The molecule has 2 fully saturated rings.